The minimum absolute atomic E-state index is 0.00231. The van der Waals surface area contributed by atoms with Crippen LogP contribution in [-0.2, 0) is 9.59 Å². The molecule has 0 unspecified atom stereocenters. The first kappa shape index (κ1) is 25.5. The second kappa shape index (κ2) is 11.0. The van der Waals surface area contributed by atoms with Crippen LogP contribution in [0.1, 0.15) is 63.2 Å². The van der Waals surface area contributed by atoms with Gasteiger partial charge in [0.2, 0.25) is 11.8 Å². The molecule has 35 heavy (non-hydrogen) atoms. The van der Waals surface area contributed by atoms with Gasteiger partial charge in [-0.2, -0.15) is 0 Å². The first-order chi connectivity index (χ1) is 16.7. The fourth-order valence-electron chi connectivity index (χ4n) is 5.06. The van der Waals surface area contributed by atoms with Crippen molar-refractivity contribution < 1.29 is 14.4 Å². The highest BCUT2D eigenvalue weighted by Gasteiger charge is 2.31. The van der Waals surface area contributed by atoms with Crippen molar-refractivity contribution in [3.8, 4) is 0 Å². The third kappa shape index (κ3) is 6.54. The number of hydrogen-bond acceptors (Lipinski definition) is 5. The van der Waals surface area contributed by atoms with Crippen LogP contribution in [0.15, 0.2) is 18.2 Å². The number of anilines is 2. The van der Waals surface area contributed by atoms with Gasteiger partial charge in [0.05, 0.1) is 11.4 Å². The van der Waals surface area contributed by atoms with Crippen molar-refractivity contribution in [3.05, 3.63) is 23.8 Å². The van der Waals surface area contributed by atoms with Crippen LogP contribution < -0.4 is 15.5 Å². The lowest BCUT2D eigenvalue weighted by molar-refractivity contribution is -0.137. The molecular formula is C27H41N5O3. The maximum Gasteiger partial charge on any atom is 0.254 e. The predicted molar refractivity (Wildman–Crippen MR) is 139 cm³/mol. The van der Waals surface area contributed by atoms with Crippen LogP contribution in [-0.4, -0.2) is 79.9 Å². The number of hydrogen-bond donors (Lipinski definition) is 2. The number of piperazine rings is 1. The molecule has 1 aromatic carbocycles. The van der Waals surface area contributed by atoms with Gasteiger partial charge in [0.25, 0.3) is 5.91 Å². The summed E-state index contributed by atoms with van der Waals surface area (Å²) in [4.78, 5) is 45.0. The lowest BCUT2D eigenvalue weighted by atomic mass is 9.84. The molecular weight excluding hydrogens is 442 g/mol. The molecule has 1 aromatic rings. The van der Waals surface area contributed by atoms with E-state index in [0.29, 0.717) is 49.8 Å². The molecule has 2 N–H and O–H groups in total. The van der Waals surface area contributed by atoms with E-state index in [-0.39, 0.29) is 23.1 Å². The third-order valence-corrected chi connectivity index (χ3v) is 7.22. The Morgan fingerprint density at radius 1 is 0.943 bits per heavy atom. The molecule has 3 amide bonds. The Labute approximate surface area is 209 Å². The second-order valence-electron chi connectivity index (χ2n) is 11.4. The Bertz CT molecular complexity index is 931. The smallest absolute Gasteiger partial charge is 0.254 e. The fraction of sp³-hybridized carbons (Fsp3) is 0.667. The highest BCUT2D eigenvalue weighted by molar-refractivity contribution is 6.00. The first-order valence-electron chi connectivity index (χ1n) is 13.2. The van der Waals surface area contributed by atoms with Crippen molar-refractivity contribution in [1.82, 2.24) is 15.1 Å². The first-order valence-corrected chi connectivity index (χ1v) is 13.2. The molecule has 0 radical (unpaired) electrons. The van der Waals surface area contributed by atoms with Gasteiger partial charge in [-0.05, 0) is 42.9 Å². The zero-order chi connectivity index (χ0) is 25.0. The molecule has 2 aliphatic heterocycles. The number of benzene rings is 1. The Kier molecular flexibility index (Phi) is 7.99. The Hall–Kier alpha value is -2.61. The van der Waals surface area contributed by atoms with E-state index in [4.69, 9.17) is 0 Å². The van der Waals surface area contributed by atoms with Gasteiger partial charge in [-0.3, -0.25) is 14.4 Å². The summed E-state index contributed by atoms with van der Waals surface area (Å²) in [5.74, 6) is 0.456. The Morgan fingerprint density at radius 2 is 1.69 bits per heavy atom. The van der Waals surface area contributed by atoms with Crippen molar-refractivity contribution in [3.63, 3.8) is 0 Å². The quantitative estimate of drug-likeness (QED) is 0.673. The van der Waals surface area contributed by atoms with Gasteiger partial charge in [0, 0.05) is 70.3 Å². The normalized spacial score (nSPS) is 19.7. The summed E-state index contributed by atoms with van der Waals surface area (Å²) in [7, 11) is 0. The minimum atomic E-state index is -0.135. The molecule has 0 bridgehead atoms. The highest BCUT2D eigenvalue weighted by Crippen LogP contribution is 2.32. The summed E-state index contributed by atoms with van der Waals surface area (Å²) in [5, 5.41) is 6.39. The van der Waals surface area contributed by atoms with Gasteiger partial charge in [-0.25, -0.2) is 0 Å². The molecule has 0 aromatic heterocycles. The van der Waals surface area contributed by atoms with Crippen LogP contribution in [0, 0.1) is 11.3 Å². The lowest BCUT2D eigenvalue weighted by Gasteiger charge is -2.31. The van der Waals surface area contributed by atoms with Crippen molar-refractivity contribution >= 4 is 29.1 Å². The molecule has 1 saturated carbocycles. The average Bonchev–Trinajstić information content (AvgIpc) is 3.03. The zero-order valence-corrected chi connectivity index (χ0v) is 21.6. The summed E-state index contributed by atoms with van der Waals surface area (Å²) in [5.41, 5.74) is 2.06. The molecule has 3 aliphatic rings. The van der Waals surface area contributed by atoms with Gasteiger partial charge in [0.1, 0.15) is 0 Å². The van der Waals surface area contributed by atoms with Crippen molar-refractivity contribution in [1.29, 1.82) is 0 Å². The summed E-state index contributed by atoms with van der Waals surface area (Å²) >= 11 is 0. The molecule has 8 heteroatoms. The van der Waals surface area contributed by atoms with Gasteiger partial charge in [0.15, 0.2) is 0 Å². The largest absolute Gasteiger partial charge is 0.368 e. The highest BCUT2D eigenvalue weighted by atomic mass is 16.2. The molecule has 2 saturated heterocycles. The van der Waals surface area contributed by atoms with E-state index in [0.717, 1.165) is 57.5 Å². The number of amides is 3. The second-order valence-corrected chi connectivity index (χ2v) is 11.4. The topological polar surface area (TPSA) is 85.0 Å². The van der Waals surface area contributed by atoms with Gasteiger partial charge < -0.3 is 25.3 Å². The van der Waals surface area contributed by atoms with Crippen molar-refractivity contribution in [2.24, 2.45) is 11.3 Å². The molecule has 192 valence electrons. The van der Waals surface area contributed by atoms with Crippen LogP contribution in [0.4, 0.5) is 11.4 Å². The van der Waals surface area contributed by atoms with Gasteiger partial charge in [-0.15, -0.1) is 0 Å². The SMILES string of the molecule is CC(C)(C)CC(=O)Nc1cc(C(=O)N2CCNCC2)ccc1N1CCCN(C(=O)C2CCC2)CC1. The van der Waals surface area contributed by atoms with Crippen LogP contribution >= 0.6 is 0 Å². The number of carbonyl (C=O) groups excluding carboxylic acids is 3. The molecule has 8 nitrogen and oxygen atoms in total. The fourth-order valence-corrected chi connectivity index (χ4v) is 5.06. The van der Waals surface area contributed by atoms with Crippen LogP contribution in [0.3, 0.4) is 0 Å². The maximum atomic E-state index is 13.2. The van der Waals surface area contributed by atoms with E-state index in [1.54, 1.807) is 0 Å². The van der Waals surface area contributed by atoms with E-state index in [9.17, 15) is 14.4 Å². The maximum absolute atomic E-state index is 13.2. The van der Waals surface area contributed by atoms with Crippen molar-refractivity contribution in [2.75, 3.05) is 62.6 Å². The van der Waals surface area contributed by atoms with E-state index >= 15 is 0 Å². The van der Waals surface area contributed by atoms with Gasteiger partial charge >= 0.3 is 0 Å². The predicted octanol–water partition coefficient (Wildman–Crippen LogP) is 2.95. The molecule has 0 spiro atoms. The number of nitrogens with zero attached hydrogens (tertiary/aromatic N) is 3. The Morgan fingerprint density at radius 3 is 2.34 bits per heavy atom. The minimum Gasteiger partial charge on any atom is -0.368 e. The van der Waals surface area contributed by atoms with E-state index < -0.39 is 0 Å². The molecule has 1 aliphatic carbocycles. The van der Waals surface area contributed by atoms with Crippen LogP contribution in [0.25, 0.3) is 0 Å². The number of nitrogens with one attached hydrogen (secondary N) is 2. The molecule has 3 fully saturated rings. The third-order valence-electron chi connectivity index (χ3n) is 7.22. The van der Waals surface area contributed by atoms with Crippen LogP contribution in [0.2, 0.25) is 0 Å². The zero-order valence-electron chi connectivity index (χ0n) is 21.6. The van der Waals surface area contributed by atoms with E-state index in [1.165, 1.54) is 0 Å². The summed E-state index contributed by atoms with van der Waals surface area (Å²) in [6.45, 7) is 12.1. The monoisotopic (exact) mass is 483 g/mol. The van der Waals surface area contributed by atoms with Crippen LogP contribution in [0.5, 0.6) is 0 Å². The molecule has 0 atom stereocenters. The summed E-state index contributed by atoms with van der Waals surface area (Å²) in [6, 6.07) is 5.68. The Balaban J connectivity index is 1.54. The molecule has 4 rings (SSSR count). The summed E-state index contributed by atoms with van der Waals surface area (Å²) in [6.07, 6.45) is 4.48. The van der Waals surface area contributed by atoms with Gasteiger partial charge in [-0.1, -0.05) is 27.2 Å². The number of rotatable bonds is 5. The lowest BCUT2D eigenvalue weighted by Crippen LogP contribution is -2.46. The average molecular weight is 484 g/mol. The van der Waals surface area contributed by atoms with Crippen molar-refractivity contribution in [2.45, 2.75) is 52.9 Å². The molecule has 2 heterocycles. The summed E-state index contributed by atoms with van der Waals surface area (Å²) < 4.78 is 0. The van der Waals surface area contributed by atoms with E-state index in [2.05, 4.69) is 15.5 Å². The van der Waals surface area contributed by atoms with E-state index in [1.807, 2.05) is 48.8 Å². The number of carbonyl (C=O) groups is 3. The standard InChI is InChI=1S/C27H41N5O3/c1-27(2,3)19-24(33)29-22-18-21(26(35)32-14-10-28-11-15-32)8-9-23(22)30-12-5-13-31(17-16-30)25(34)20-6-4-7-20/h8-9,18,20,28H,4-7,10-17,19H2,1-3H3,(H,29,33).